The lowest BCUT2D eigenvalue weighted by molar-refractivity contribution is -0.150. The standard InChI is InChI=1S/C17H23N3O6/c1-19(2)14(22)9-18-13(21)10-26-15(23)7-8-20-16(24)11-5-3-4-6-12(11)17(20)25/h3-4,11-12H,5-10H2,1-2H3,(H,18,21)/t11-,12+. The average molecular weight is 365 g/mol. The van der Waals surface area contributed by atoms with Gasteiger partial charge in [0, 0.05) is 20.6 Å². The van der Waals surface area contributed by atoms with Gasteiger partial charge in [0.2, 0.25) is 17.7 Å². The zero-order valence-corrected chi connectivity index (χ0v) is 14.9. The van der Waals surface area contributed by atoms with Crippen LogP contribution < -0.4 is 5.32 Å². The molecular formula is C17H23N3O6. The van der Waals surface area contributed by atoms with E-state index in [1.165, 1.54) is 4.90 Å². The highest BCUT2D eigenvalue weighted by Gasteiger charge is 2.46. The minimum atomic E-state index is -0.687. The van der Waals surface area contributed by atoms with Gasteiger partial charge in [0.15, 0.2) is 6.61 Å². The Morgan fingerprint density at radius 3 is 2.27 bits per heavy atom. The highest BCUT2D eigenvalue weighted by molar-refractivity contribution is 6.05. The van der Waals surface area contributed by atoms with Gasteiger partial charge in [-0.3, -0.25) is 28.9 Å². The number of amides is 4. The van der Waals surface area contributed by atoms with Gasteiger partial charge >= 0.3 is 5.97 Å². The molecule has 2 rings (SSSR count). The van der Waals surface area contributed by atoms with Crippen LogP contribution >= 0.6 is 0 Å². The maximum atomic E-state index is 12.3. The fraction of sp³-hybridized carbons (Fsp3) is 0.588. The van der Waals surface area contributed by atoms with E-state index in [4.69, 9.17) is 4.74 Å². The molecule has 4 amide bonds. The van der Waals surface area contributed by atoms with Crippen molar-refractivity contribution in [2.45, 2.75) is 19.3 Å². The zero-order chi connectivity index (χ0) is 19.3. The summed E-state index contributed by atoms with van der Waals surface area (Å²) in [5, 5.41) is 2.33. The molecule has 2 atom stereocenters. The number of esters is 1. The van der Waals surface area contributed by atoms with Gasteiger partial charge < -0.3 is 15.0 Å². The van der Waals surface area contributed by atoms with Crippen molar-refractivity contribution >= 4 is 29.6 Å². The van der Waals surface area contributed by atoms with Gasteiger partial charge in [0.1, 0.15) is 0 Å². The summed E-state index contributed by atoms with van der Waals surface area (Å²) in [6.07, 6.45) is 4.70. The lowest BCUT2D eigenvalue weighted by Gasteiger charge is -2.14. The number of allylic oxidation sites excluding steroid dienone is 2. The summed E-state index contributed by atoms with van der Waals surface area (Å²) >= 11 is 0. The number of rotatable bonds is 7. The van der Waals surface area contributed by atoms with E-state index in [2.05, 4.69) is 5.32 Å². The van der Waals surface area contributed by atoms with Crippen LogP contribution in [0.5, 0.6) is 0 Å². The van der Waals surface area contributed by atoms with E-state index < -0.39 is 18.5 Å². The van der Waals surface area contributed by atoms with Crippen LogP contribution in [0, 0.1) is 11.8 Å². The van der Waals surface area contributed by atoms with E-state index in [1.54, 1.807) is 14.1 Å². The third kappa shape index (κ3) is 4.68. The zero-order valence-electron chi connectivity index (χ0n) is 14.9. The number of nitrogens with one attached hydrogen (secondary N) is 1. The molecule has 26 heavy (non-hydrogen) atoms. The van der Waals surface area contributed by atoms with Crippen molar-refractivity contribution in [1.29, 1.82) is 0 Å². The Kier molecular flexibility index (Phi) is 6.48. The molecule has 0 aromatic heterocycles. The summed E-state index contributed by atoms with van der Waals surface area (Å²) in [6, 6.07) is 0. The van der Waals surface area contributed by atoms with Crippen molar-refractivity contribution in [3.63, 3.8) is 0 Å². The molecule has 2 aliphatic rings. The van der Waals surface area contributed by atoms with Gasteiger partial charge in [-0.25, -0.2) is 0 Å². The van der Waals surface area contributed by atoms with Crippen LogP contribution in [0.2, 0.25) is 0 Å². The summed E-state index contributed by atoms with van der Waals surface area (Å²) in [4.78, 5) is 61.5. The maximum Gasteiger partial charge on any atom is 0.308 e. The molecular weight excluding hydrogens is 342 g/mol. The topological polar surface area (TPSA) is 113 Å². The number of likely N-dealkylation sites (N-methyl/N-ethyl adjacent to an activating group) is 1. The van der Waals surface area contributed by atoms with Crippen molar-refractivity contribution in [3.05, 3.63) is 12.2 Å². The number of carbonyl (C=O) groups is 5. The van der Waals surface area contributed by atoms with Crippen LogP contribution in [0.25, 0.3) is 0 Å². The number of carbonyl (C=O) groups excluding carboxylic acids is 5. The second kappa shape index (κ2) is 8.59. The van der Waals surface area contributed by atoms with Crippen LogP contribution in [-0.2, 0) is 28.7 Å². The summed E-state index contributed by atoms with van der Waals surface area (Å²) in [6.45, 7) is -0.752. The van der Waals surface area contributed by atoms with E-state index in [0.717, 1.165) is 4.90 Å². The van der Waals surface area contributed by atoms with Gasteiger partial charge in [-0.05, 0) is 12.8 Å². The first kappa shape index (κ1) is 19.6. The number of hydrogen-bond donors (Lipinski definition) is 1. The largest absolute Gasteiger partial charge is 0.456 e. The molecule has 0 bridgehead atoms. The number of likely N-dealkylation sites (tertiary alicyclic amines) is 1. The lowest BCUT2D eigenvalue weighted by Crippen LogP contribution is -2.38. The normalized spacial score (nSPS) is 21.4. The molecule has 1 aliphatic carbocycles. The Labute approximate surface area is 151 Å². The molecule has 9 nitrogen and oxygen atoms in total. The Morgan fingerprint density at radius 2 is 1.73 bits per heavy atom. The van der Waals surface area contributed by atoms with Gasteiger partial charge in [-0.1, -0.05) is 12.2 Å². The van der Waals surface area contributed by atoms with E-state index in [9.17, 15) is 24.0 Å². The minimum Gasteiger partial charge on any atom is -0.456 e. The Hall–Kier alpha value is -2.71. The molecule has 0 unspecified atom stereocenters. The number of fused-ring (bicyclic) bond motifs is 1. The van der Waals surface area contributed by atoms with Crippen molar-refractivity contribution in [2.75, 3.05) is 33.8 Å². The SMILES string of the molecule is CN(C)C(=O)CNC(=O)COC(=O)CCN1C(=O)[C@H]2CC=CC[C@H]2C1=O. The molecule has 0 saturated carbocycles. The summed E-state index contributed by atoms with van der Waals surface area (Å²) in [5.41, 5.74) is 0. The Morgan fingerprint density at radius 1 is 1.15 bits per heavy atom. The van der Waals surface area contributed by atoms with E-state index in [-0.39, 0.29) is 49.1 Å². The van der Waals surface area contributed by atoms with Gasteiger partial charge in [0.25, 0.3) is 5.91 Å². The molecule has 142 valence electrons. The van der Waals surface area contributed by atoms with Crippen molar-refractivity contribution in [1.82, 2.24) is 15.1 Å². The number of hydrogen-bond acceptors (Lipinski definition) is 6. The first-order valence-electron chi connectivity index (χ1n) is 8.44. The van der Waals surface area contributed by atoms with Crippen molar-refractivity contribution < 1.29 is 28.7 Å². The molecule has 1 heterocycles. The molecule has 0 aromatic carbocycles. The molecule has 0 aromatic rings. The van der Waals surface area contributed by atoms with Gasteiger partial charge in [0.05, 0.1) is 24.8 Å². The highest BCUT2D eigenvalue weighted by atomic mass is 16.5. The van der Waals surface area contributed by atoms with Gasteiger partial charge in [-0.2, -0.15) is 0 Å². The number of ether oxygens (including phenoxy) is 1. The maximum absolute atomic E-state index is 12.3. The fourth-order valence-electron chi connectivity index (χ4n) is 2.89. The lowest BCUT2D eigenvalue weighted by atomic mass is 9.85. The second-order valence-corrected chi connectivity index (χ2v) is 6.46. The van der Waals surface area contributed by atoms with E-state index in [0.29, 0.717) is 12.8 Å². The van der Waals surface area contributed by atoms with E-state index in [1.807, 2.05) is 12.2 Å². The van der Waals surface area contributed by atoms with Crippen molar-refractivity contribution in [2.24, 2.45) is 11.8 Å². The minimum absolute atomic E-state index is 0.0514. The molecule has 1 aliphatic heterocycles. The molecule has 0 spiro atoms. The molecule has 1 fully saturated rings. The summed E-state index contributed by atoms with van der Waals surface area (Å²) < 4.78 is 4.81. The van der Waals surface area contributed by atoms with Gasteiger partial charge in [-0.15, -0.1) is 0 Å². The smallest absolute Gasteiger partial charge is 0.308 e. The van der Waals surface area contributed by atoms with Crippen LogP contribution in [0.4, 0.5) is 0 Å². The number of imide groups is 1. The Bertz CT molecular complexity index is 616. The molecule has 0 radical (unpaired) electrons. The third-order valence-corrected chi connectivity index (χ3v) is 4.44. The average Bonchev–Trinajstić information content (AvgIpc) is 2.87. The predicted molar refractivity (Wildman–Crippen MR) is 89.4 cm³/mol. The Balaban J connectivity index is 1.70. The summed E-state index contributed by atoms with van der Waals surface area (Å²) in [7, 11) is 3.11. The highest BCUT2D eigenvalue weighted by Crippen LogP contribution is 2.34. The molecule has 9 heteroatoms. The number of nitrogens with zero attached hydrogens (tertiary/aromatic N) is 2. The monoisotopic (exact) mass is 365 g/mol. The van der Waals surface area contributed by atoms with Crippen LogP contribution in [-0.4, -0.2) is 73.2 Å². The molecule has 1 N–H and O–H groups in total. The predicted octanol–water partition coefficient (Wildman–Crippen LogP) is -0.925. The van der Waals surface area contributed by atoms with Crippen LogP contribution in [0.1, 0.15) is 19.3 Å². The second-order valence-electron chi connectivity index (χ2n) is 6.46. The first-order chi connectivity index (χ1) is 12.3. The quantitative estimate of drug-likeness (QED) is 0.354. The fourth-order valence-corrected chi connectivity index (χ4v) is 2.89. The molecule has 1 saturated heterocycles. The summed E-state index contributed by atoms with van der Waals surface area (Å²) in [5.74, 6) is -2.74. The van der Waals surface area contributed by atoms with E-state index >= 15 is 0 Å². The van der Waals surface area contributed by atoms with Crippen LogP contribution in [0.15, 0.2) is 12.2 Å². The van der Waals surface area contributed by atoms with Crippen LogP contribution in [0.3, 0.4) is 0 Å². The first-order valence-corrected chi connectivity index (χ1v) is 8.44. The third-order valence-electron chi connectivity index (χ3n) is 4.44. The van der Waals surface area contributed by atoms with Crippen molar-refractivity contribution in [3.8, 4) is 0 Å².